The minimum absolute atomic E-state index is 0.277. The minimum atomic E-state index is -1.92. The minimum Gasteiger partial charge on any atom is -0.447 e. The van der Waals surface area contributed by atoms with E-state index < -0.39 is 17.5 Å². The third-order valence-electron chi connectivity index (χ3n) is 4.97. The SMILES string of the molecule is NC#CC(N=O)(c1ccc(OC(N)(N)N)cc1)c1ccc(OC(N)(N)N)c(N2CCOCC2)c1. The molecule has 1 saturated heterocycles. The fourth-order valence-corrected chi connectivity index (χ4v) is 3.58. The summed E-state index contributed by atoms with van der Waals surface area (Å²) >= 11 is 0. The van der Waals surface area contributed by atoms with Crippen molar-refractivity contribution < 1.29 is 14.2 Å². The van der Waals surface area contributed by atoms with Crippen molar-refractivity contribution in [3.8, 4) is 23.5 Å². The van der Waals surface area contributed by atoms with Crippen molar-refractivity contribution in [3.05, 3.63) is 58.5 Å². The van der Waals surface area contributed by atoms with E-state index in [4.69, 9.17) is 54.3 Å². The topological polar surface area (TPSA) is 242 Å². The maximum absolute atomic E-state index is 12.3. The van der Waals surface area contributed by atoms with Gasteiger partial charge >= 0.3 is 0 Å². The molecule has 3 rings (SSSR count). The Morgan fingerprint density at radius 3 is 2.00 bits per heavy atom. The molecule has 0 aliphatic carbocycles. The summed E-state index contributed by atoms with van der Waals surface area (Å²) in [6.45, 7) is 2.10. The second-order valence-corrected chi connectivity index (χ2v) is 7.79. The second kappa shape index (κ2) is 9.79. The number of morpholine rings is 1. The van der Waals surface area contributed by atoms with Crippen LogP contribution in [-0.2, 0) is 10.3 Å². The Morgan fingerprint density at radius 2 is 1.47 bits per heavy atom. The van der Waals surface area contributed by atoms with E-state index in [1.165, 1.54) is 12.1 Å². The third-order valence-corrected chi connectivity index (χ3v) is 4.97. The quantitative estimate of drug-likeness (QED) is 0.0974. The molecule has 1 aliphatic heterocycles. The van der Waals surface area contributed by atoms with E-state index in [1.54, 1.807) is 30.3 Å². The highest BCUT2D eigenvalue weighted by Crippen LogP contribution is 2.39. The Hall–Kier alpha value is -3.48. The number of anilines is 1. The van der Waals surface area contributed by atoms with Crippen molar-refractivity contribution in [1.82, 2.24) is 0 Å². The van der Waals surface area contributed by atoms with Crippen LogP contribution >= 0.6 is 0 Å². The summed E-state index contributed by atoms with van der Waals surface area (Å²) in [5, 5.41) is 3.37. The highest BCUT2D eigenvalue weighted by molar-refractivity contribution is 5.64. The lowest BCUT2D eigenvalue weighted by atomic mass is 9.84. The van der Waals surface area contributed by atoms with Crippen molar-refractivity contribution in [2.24, 2.45) is 45.3 Å². The number of hydrogen-bond donors (Lipinski definition) is 7. The first-order valence-electron chi connectivity index (χ1n) is 10.2. The number of benzene rings is 2. The molecular weight excluding hydrogens is 442 g/mol. The summed E-state index contributed by atoms with van der Waals surface area (Å²) in [6, 6.07) is 13.4. The Balaban J connectivity index is 2.11. The molecule has 14 N–H and O–H groups in total. The molecule has 1 atom stereocenters. The van der Waals surface area contributed by atoms with Crippen molar-refractivity contribution in [3.63, 3.8) is 0 Å². The van der Waals surface area contributed by atoms with Crippen LogP contribution in [0.1, 0.15) is 11.1 Å². The smallest absolute Gasteiger partial charge is 0.271 e. The molecule has 13 nitrogen and oxygen atoms in total. The summed E-state index contributed by atoms with van der Waals surface area (Å²) in [7, 11) is 0. The number of nitrogens with zero attached hydrogens (tertiary/aromatic N) is 2. The summed E-state index contributed by atoms with van der Waals surface area (Å²) in [6.07, 6.45) is 0. The molecule has 0 aromatic heterocycles. The number of nitroso groups, excluding NO2 is 1. The van der Waals surface area contributed by atoms with Crippen LogP contribution in [0.3, 0.4) is 0 Å². The van der Waals surface area contributed by atoms with Crippen LogP contribution in [-0.4, -0.2) is 38.2 Å². The summed E-state index contributed by atoms with van der Waals surface area (Å²) in [5.41, 5.74) is 38.7. The van der Waals surface area contributed by atoms with E-state index in [2.05, 4.69) is 17.1 Å². The molecule has 2 aromatic rings. The Kier molecular flexibility index (Phi) is 7.24. The number of nitrogens with two attached hydrogens (primary N) is 7. The van der Waals surface area contributed by atoms with Crippen molar-refractivity contribution >= 4 is 5.69 Å². The lowest BCUT2D eigenvalue weighted by Gasteiger charge is -2.33. The van der Waals surface area contributed by atoms with Gasteiger partial charge in [0.15, 0.2) is 0 Å². The molecule has 0 bridgehead atoms. The predicted molar refractivity (Wildman–Crippen MR) is 126 cm³/mol. The van der Waals surface area contributed by atoms with Crippen LogP contribution in [0.25, 0.3) is 0 Å². The zero-order valence-corrected chi connectivity index (χ0v) is 18.4. The molecule has 0 amide bonds. The molecule has 1 unspecified atom stereocenters. The molecule has 1 fully saturated rings. The van der Waals surface area contributed by atoms with Gasteiger partial charge in [-0.15, -0.1) is 4.91 Å². The molecule has 0 radical (unpaired) electrons. The molecule has 0 saturated carbocycles. The fourth-order valence-electron chi connectivity index (χ4n) is 3.58. The molecular formula is C21H29N9O4. The van der Waals surface area contributed by atoms with Gasteiger partial charge in [0.1, 0.15) is 11.5 Å². The van der Waals surface area contributed by atoms with Gasteiger partial charge in [0.2, 0.25) is 5.54 Å². The van der Waals surface area contributed by atoms with Gasteiger partial charge in [-0.3, -0.25) is 34.4 Å². The molecule has 1 heterocycles. The molecule has 0 spiro atoms. The van der Waals surface area contributed by atoms with E-state index in [1.807, 2.05) is 4.90 Å². The van der Waals surface area contributed by atoms with Crippen LogP contribution in [0.5, 0.6) is 11.5 Å². The van der Waals surface area contributed by atoms with Gasteiger partial charge in [0, 0.05) is 30.3 Å². The molecule has 1 aliphatic rings. The van der Waals surface area contributed by atoms with E-state index in [9.17, 15) is 4.91 Å². The Bertz CT molecular complexity index is 1060. The van der Waals surface area contributed by atoms with Crippen molar-refractivity contribution in [2.45, 2.75) is 17.5 Å². The largest absolute Gasteiger partial charge is 0.447 e. The van der Waals surface area contributed by atoms with Crippen LogP contribution in [0.15, 0.2) is 47.6 Å². The van der Waals surface area contributed by atoms with Gasteiger partial charge in [-0.2, -0.15) is 0 Å². The number of ether oxygens (including phenoxy) is 3. The summed E-state index contributed by atoms with van der Waals surface area (Å²) in [4.78, 5) is 14.3. The first-order valence-corrected chi connectivity index (χ1v) is 10.2. The van der Waals surface area contributed by atoms with Gasteiger partial charge in [-0.05, 0) is 35.4 Å². The predicted octanol–water partition coefficient (Wildman–Crippen LogP) is -1.81. The lowest BCUT2D eigenvalue weighted by Crippen LogP contribution is -2.62. The second-order valence-electron chi connectivity index (χ2n) is 7.79. The normalized spacial score (nSPS) is 16.1. The average Bonchev–Trinajstić information content (AvgIpc) is 2.77. The summed E-state index contributed by atoms with van der Waals surface area (Å²) < 4.78 is 16.2. The van der Waals surface area contributed by atoms with Gasteiger partial charge in [-0.1, -0.05) is 18.2 Å². The van der Waals surface area contributed by atoms with Crippen LogP contribution in [0.2, 0.25) is 0 Å². The van der Waals surface area contributed by atoms with Gasteiger partial charge in [0.05, 0.1) is 18.9 Å². The van der Waals surface area contributed by atoms with Crippen molar-refractivity contribution in [2.75, 3.05) is 31.2 Å². The van der Waals surface area contributed by atoms with E-state index in [-0.39, 0.29) is 5.75 Å². The zero-order chi connectivity index (χ0) is 25.0. The Labute approximate surface area is 196 Å². The van der Waals surface area contributed by atoms with Crippen LogP contribution < -0.4 is 54.5 Å². The number of hydrogen-bond acceptors (Lipinski definition) is 13. The first-order chi connectivity index (χ1) is 16.0. The Morgan fingerprint density at radius 1 is 0.882 bits per heavy atom. The molecule has 182 valence electrons. The molecule has 34 heavy (non-hydrogen) atoms. The maximum atomic E-state index is 12.3. The molecule has 2 aromatic carbocycles. The standard InChI is InChI=1S/C21H29N9O4/c22-8-7-19(29-31,14-1-4-16(5-2-14)33-20(23,24)25)15-3-6-18(34-21(26,27)28)17(13-15)30-9-11-32-12-10-30/h1-6,13H,9-12,22-28H2. The first kappa shape index (κ1) is 25.1. The maximum Gasteiger partial charge on any atom is 0.271 e. The summed E-state index contributed by atoms with van der Waals surface area (Å²) in [5.74, 6) is -0.477. The fraction of sp³-hybridized carbons (Fsp3) is 0.333. The van der Waals surface area contributed by atoms with Gasteiger partial charge in [0.25, 0.3) is 11.9 Å². The highest BCUT2D eigenvalue weighted by Gasteiger charge is 2.36. The third kappa shape index (κ3) is 5.90. The van der Waals surface area contributed by atoms with Crippen LogP contribution in [0, 0.1) is 16.9 Å². The zero-order valence-electron chi connectivity index (χ0n) is 18.4. The average molecular weight is 472 g/mol. The van der Waals surface area contributed by atoms with Crippen LogP contribution in [0.4, 0.5) is 5.69 Å². The van der Waals surface area contributed by atoms with Gasteiger partial charge < -0.3 is 24.8 Å². The highest BCUT2D eigenvalue weighted by atomic mass is 16.5. The van der Waals surface area contributed by atoms with Gasteiger partial charge in [-0.25, -0.2) is 0 Å². The lowest BCUT2D eigenvalue weighted by molar-refractivity contribution is 0.0889. The van der Waals surface area contributed by atoms with E-state index >= 15 is 0 Å². The van der Waals surface area contributed by atoms with E-state index in [0.29, 0.717) is 48.9 Å². The molecule has 13 heteroatoms. The monoisotopic (exact) mass is 471 g/mol. The van der Waals surface area contributed by atoms with E-state index in [0.717, 1.165) is 0 Å². The van der Waals surface area contributed by atoms with Crippen molar-refractivity contribution in [1.29, 1.82) is 0 Å². The number of rotatable bonds is 8.